The van der Waals surface area contributed by atoms with Gasteiger partial charge in [0.2, 0.25) is 14.5 Å². The first-order valence-corrected chi connectivity index (χ1v) is 19.7. The topological polar surface area (TPSA) is 222 Å². The minimum atomic E-state index is -2.81. The van der Waals surface area contributed by atoms with Crippen molar-refractivity contribution in [3.05, 3.63) is 36.8 Å². The Balaban J connectivity index is 1.20. The number of imidazole rings is 2. The summed E-state index contributed by atoms with van der Waals surface area (Å²) in [5, 5.41) is 25.4. The number of alkyl halides is 2. The van der Waals surface area contributed by atoms with Crippen LogP contribution in [-0.4, -0.2) is 122 Å². The number of aromatic nitrogens is 6. The molecule has 2 aliphatic rings. The first kappa shape index (κ1) is 37.5. The summed E-state index contributed by atoms with van der Waals surface area (Å²) < 4.78 is 77.6. The molecule has 2 fully saturated rings. The molecule has 0 aromatic carbocycles. The zero-order valence-corrected chi connectivity index (χ0v) is 29.4. The van der Waals surface area contributed by atoms with Gasteiger partial charge in [0.1, 0.15) is 36.4 Å². The van der Waals surface area contributed by atoms with Gasteiger partial charge in [-0.05, 0) is 6.72 Å². The average molecular weight is 767 g/mol. The Kier molecular flexibility index (Phi) is 13.0. The number of nitrogens with zero attached hydrogens (tertiary/aromatic N) is 8. The monoisotopic (exact) mass is 766 g/mol. The molecule has 3 aromatic rings. The molecule has 3 aromatic heterocycles. The molecule has 0 aliphatic carbocycles. The maximum absolute atomic E-state index is 15.3. The second-order valence-corrected chi connectivity index (χ2v) is 14.1. The van der Waals surface area contributed by atoms with E-state index in [1.807, 2.05) is 0 Å². The van der Waals surface area contributed by atoms with E-state index in [0.717, 1.165) is 0 Å². The summed E-state index contributed by atoms with van der Waals surface area (Å²) in [6.07, 6.45) is -3.39. The average Bonchev–Trinajstić information content (AvgIpc) is 3.85. The highest BCUT2D eigenvalue weighted by atomic mass is 32.7. The number of hydrogen-bond donors (Lipinski definition) is 6. The molecule has 0 saturated carbocycles. The van der Waals surface area contributed by atoms with Gasteiger partial charge in [0.05, 0.1) is 25.9 Å². The summed E-state index contributed by atoms with van der Waals surface area (Å²) in [6.45, 7) is 3.03. The Bertz CT molecular complexity index is 1740. The number of anilines is 1. The number of rotatable bonds is 15. The van der Waals surface area contributed by atoms with E-state index in [1.54, 1.807) is 12.2 Å². The SMILES string of the molecule is C=Nc1c(/C(=N\C)NC/C=C\CNc2ncnc3c2ncn3[C@@H]2OC(CO)[C@@H](O[PH](=O)S)[C@H]2F)ncn1[C@@H]1O[C@H](CO)[C@@H](O[PH](=O)S)[C@H]1F. The van der Waals surface area contributed by atoms with Gasteiger partial charge in [0.15, 0.2) is 53.4 Å². The predicted molar refractivity (Wildman–Crippen MR) is 182 cm³/mol. The number of fused-ring (bicyclic) bond motifs is 1. The van der Waals surface area contributed by atoms with Gasteiger partial charge in [0.25, 0.3) is 0 Å². The van der Waals surface area contributed by atoms with Crippen LogP contribution in [0.2, 0.25) is 0 Å². The van der Waals surface area contributed by atoms with Crippen molar-refractivity contribution in [2.75, 3.05) is 38.7 Å². The molecule has 18 nitrogen and oxygen atoms in total. The Hall–Kier alpha value is -2.78. The van der Waals surface area contributed by atoms with Gasteiger partial charge in [-0.2, -0.15) is 0 Å². The van der Waals surface area contributed by atoms with E-state index in [0.29, 0.717) is 30.3 Å². The minimum absolute atomic E-state index is 0.143. The molecule has 0 amide bonds. The van der Waals surface area contributed by atoms with Gasteiger partial charge in [-0.15, -0.1) is 0 Å². The fourth-order valence-electron chi connectivity index (χ4n) is 5.42. The van der Waals surface area contributed by atoms with Gasteiger partial charge < -0.3 is 39.4 Å². The number of amidine groups is 1. The lowest BCUT2D eigenvalue weighted by atomic mass is 10.1. The molecule has 24 heteroatoms. The second kappa shape index (κ2) is 17.0. The Labute approximate surface area is 289 Å². The fourth-order valence-corrected chi connectivity index (χ4v) is 7.18. The molecule has 4 N–H and O–H groups in total. The molecular weight excluding hydrogens is 732 g/mol. The number of hydrogen-bond acceptors (Lipinski definition) is 15. The molecule has 10 atom stereocenters. The highest BCUT2D eigenvalue weighted by Crippen LogP contribution is 2.43. The summed E-state index contributed by atoms with van der Waals surface area (Å²) >= 11 is 7.42. The van der Waals surface area contributed by atoms with E-state index in [9.17, 15) is 19.3 Å². The van der Waals surface area contributed by atoms with Crippen molar-refractivity contribution < 1.29 is 46.6 Å². The third kappa shape index (κ3) is 8.08. The highest BCUT2D eigenvalue weighted by molar-refractivity contribution is 8.39. The lowest BCUT2D eigenvalue weighted by Crippen LogP contribution is -2.31. The van der Waals surface area contributed by atoms with Crippen molar-refractivity contribution in [3.8, 4) is 0 Å². The molecule has 3 unspecified atom stereocenters. The van der Waals surface area contributed by atoms with Crippen LogP contribution in [0.3, 0.4) is 0 Å². The quantitative estimate of drug-likeness (QED) is 0.0428. The van der Waals surface area contributed by atoms with E-state index in [2.05, 4.69) is 71.8 Å². The molecule has 5 rings (SSSR count). The van der Waals surface area contributed by atoms with Crippen molar-refractivity contribution in [2.45, 2.75) is 49.2 Å². The van der Waals surface area contributed by atoms with E-state index in [1.165, 1.54) is 35.2 Å². The largest absolute Gasteiger partial charge is 0.394 e. The standard InChI is InChI=1S/C25H34F2N10O8P2S2/c1-28-20(16-22(29-2)36(10-34-16)24-14(26)18(44-46(40)48)12(7-38)42-24)30-5-3-4-6-31-21-17-23(33-9-32-21)37(11-35-17)25-15(27)19(45-47(41)49)13(8-39)43-25/h3-4,9-15,18-19,24-25,38-39,46-47H,2,5-8H2,1H3,(H,28,30)(H,40,48)(H,41,49)(H,31,32,33)/b4-3-/t12-,13?,14-,15-,18-,19-,24-,25-/m1/s1. The number of nitrogens with one attached hydrogen (secondary N) is 2. The third-order valence-corrected chi connectivity index (χ3v) is 9.16. The molecule has 2 saturated heterocycles. The smallest absolute Gasteiger partial charge is 0.243 e. The fraction of sp³-hybridized carbons (Fsp3) is 0.520. The van der Waals surface area contributed by atoms with E-state index < -0.39 is 76.9 Å². The number of ether oxygens (including phenoxy) is 2. The van der Waals surface area contributed by atoms with Crippen molar-refractivity contribution in [1.29, 1.82) is 0 Å². The van der Waals surface area contributed by atoms with Crippen molar-refractivity contribution in [2.24, 2.45) is 9.98 Å². The normalized spacial score (nSPS) is 28.8. The van der Waals surface area contributed by atoms with Crippen molar-refractivity contribution >= 4 is 74.3 Å². The van der Waals surface area contributed by atoms with Crippen molar-refractivity contribution in [1.82, 2.24) is 34.4 Å². The van der Waals surface area contributed by atoms with Crippen LogP contribution in [0, 0.1) is 0 Å². The van der Waals surface area contributed by atoms with Crippen LogP contribution >= 0.6 is 39.0 Å². The highest BCUT2D eigenvalue weighted by Gasteiger charge is 2.49. The van der Waals surface area contributed by atoms with Crippen molar-refractivity contribution in [3.63, 3.8) is 0 Å². The zero-order valence-electron chi connectivity index (χ0n) is 25.6. The summed E-state index contributed by atoms with van der Waals surface area (Å²) in [7, 11) is -4.08. The minimum Gasteiger partial charge on any atom is -0.394 e. The Morgan fingerprint density at radius 1 is 1.00 bits per heavy atom. The number of aliphatic imine (C=N–C) groups is 2. The van der Waals surface area contributed by atoms with Gasteiger partial charge in [0, 0.05) is 20.1 Å². The lowest BCUT2D eigenvalue weighted by Gasteiger charge is -2.17. The lowest BCUT2D eigenvalue weighted by molar-refractivity contribution is -0.0435. The number of aliphatic hydroxyl groups excluding tert-OH is 2. The zero-order chi connectivity index (χ0) is 35.2. The van der Waals surface area contributed by atoms with Crippen LogP contribution in [0.1, 0.15) is 18.1 Å². The van der Waals surface area contributed by atoms with Crippen LogP contribution in [-0.2, 0) is 27.7 Å². The second-order valence-electron chi connectivity index (χ2n) is 10.4. The summed E-state index contributed by atoms with van der Waals surface area (Å²) in [6, 6.07) is 0. The molecule has 2 aliphatic heterocycles. The number of thiol groups is 2. The van der Waals surface area contributed by atoms with E-state index >= 15 is 8.78 Å². The first-order chi connectivity index (χ1) is 23.6. The van der Waals surface area contributed by atoms with Gasteiger partial charge in [-0.25, -0.2) is 33.7 Å². The number of halogens is 2. The summed E-state index contributed by atoms with van der Waals surface area (Å²) in [5.41, 5.74) is 0.857. The van der Waals surface area contributed by atoms with Crippen LogP contribution in [0.4, 0.5) is 20.4 Å². The number of aliphatic hydroxyl groups is 2. The molecular formula is C25H34F2N10O8P2S2. The maximum atomic E-state index is 15.3. The van der Waals surface area contributed by atoms with Gasteiger partial charge in [-0.3, -0.25) is 23.3 Å². The summed E-state index contributed by atoms with van der Waals surface area (Å²) in [4.78, 5) is 25.3. The van der Waals surface area contributed by atoms with Crippen LogP contribution in [0.5, 0.6) is 0 Å². The molecule has 0 bridgehead atoms. The van der Waals surface area contributed by atoms with Crippen LogP contribution < -0.4 is 10.6 Å². The van der Waals surface area contributed by atoms with E-state index in [4.69, 9.17) is 18.5 Å². The first-order valence-electron chi connectivity index (χ1n) is 14.5. The van der Waals surface area contributed by atoms with E-state index in [-0.39, 0.29) is 17.2 Å². The Morgan fingerprint density at radius 2 is 1.59 bits per heavy atom. The van der Waals surface area contributed by atoms with Crippen LogP contribution in [0.25, 0.3) is 11.2 Å². The van der Waals surface area contributed by atoms with Crippen LogP contribution in [0.15, 0.2) is 41.1 Å². The molecule has 49 heavy (non-hydrogen) atoms. The predicted octanol–water partition coefficient (Wildman–Crippen LogP) is 1.85. The van der Waals surface area contributed by atoms with Gasteiger partial charge >= 0.3 is 0 Å². The van der Waals surface area contributed by atoms with Gasteiger partial charge in [-0.1, -0.05) is 36.6 Å². The molecule has 268 valence electrons. The molecule has 0 radical (unpaired) electrons. The molecule has 0 spiro atoms. The third-order valence-electron chi connectivity index (χ3n) is 7.58. The maximum Gasteiger partial charge on any atom is 0.243 e. The molecule has 5 heterocycles. The Morgan fingerprint density at radius 3 is 2.16 bits per heavy atom. The summed E-state index contributed by atoms with van der Waals surface area (Å²) in [5.74, 6) is 0.826.